The van der Waals surface area contributed by atoms with Crippen molar-refractivity contribution in [2.24, 2.45) is 0 Å². The lowest BCUT2D eigenvalue weighted by Crippen LogP contribution is -1.59. The molecule has 0 unspecified atom stereocenters. The fourth-order valence-electron chi connectivity index (χ4n) is 0.782. The van der Waals surface area contributed by atoms with Crippen LogP contribution in [0.1, 0.15) is 33.1 Å². The highest BCUT2D eigenvalue weighted by atomic mass is 16.3. The van der Waals surface area contributed by atoms with Gasteiger partial charge in [-0.3, -0.25) is 0 Å². The van der Waals surface area contributed by atoms with Crippen LogP contribution < -0.4 is 0 Å². The number of hydrogen-bond donors (Lipinski definition) is 1. The zero-order chi connectivity index (χ0) is 11.2. The summed E-state index contributed by atoms with van der Waals surface area (Å²) < 4.78 is 0. The molecule has 80 valence electrons. The van der Waals surface area contributed by atoms with E-state index in [9.17, 15) is 0 Å². The van der Waals surface area contributed by atoms with Crippen LogP contribution >= 0.6 is 0 Å². The predicted octanol–water partition coefficient (Wildman–Crippen LogP) is 3.40. The molecular formula is C12H20O2. The summed E-state index contributed by atoms with van der Waals surface area (Å²) in [6, 6.07) is 8.71. The molecule has 0 saturated carbocycles. The van der Waals surface area contributed by atoms with Crippen LogP contribution in [-0.2, 0) is 4.79 Å². The number of phenols is 1. The number of hydrogen-bond acceptors (Lipinski definition) is 2. The highest BCUT2D eigenvalue weighted by Gasteiger charge is 1.74. The van der Waals surface area contributed by atoms with Gasteiger partial charge < -0.3 is 9.90 Å². The minimum absolute atomic E-state index is 0.322. The summed E-state index contributed by atoms with van der Waals surface area (Å²) in [5, 5.41) is 8.63. The van der Waals surface area contributed by atoms with Crippen LogP contribution in [0.5, 0.6) is 5.75 Å². The van der Waals surface area contributed by atoms with E-state index >= 15 is 0 Å². The van der Waals surface area contributed by atoms with Crippen molar-refractivity contribution in [1.82, 2.24) is 0 Å². The van der Waals surface area contributed by atoms with Crippen molar-refractivity contribution in [3.8, 4) is 5.75 Å². The van der Waals surface area contributed by atoms with Crippen LogP contribution in [0.4, 0.5) is 0 Å². The number of para-hydroxylation sites is 1. The van der Waals surface area contributed by atoms with Crippen LogP contribution in [0.2, 0.25) is 0 Å². The highest BCUT2D eigenvalue weighted by molar-refractivity contribution is 5.18. The average molecular weight is 196 g/mol. The standard InChI is InChI=1S/C6H6O.C5H12.CH2O/c7-6-4-2-1-3-5-6;1-3-5-4-2;1-2/h1-5,7H;3-5H2,1-2H3;1H2. The number of phenolic OH excluding ortho intramolecular Hbond substituents is 1. The first-order chi connectivity index (χ1) is 6.81. The van der Waals surface area contributed by atoms with E-state index in [2.05, 4.69) is 13.8 Å². The molecule has 0 aliphatic rings. The summed E-state index contributed by atoms with van der Waals surface area (Å²) >= 11 is 0. The van der Waals surface area contributed by atoms with Gasteiger partial charge in [-0.1, -0.05) is 51.3 Å². The van der Waals surface area contributed by atoms with E-state index in [1.54, 1.807) is 24.3 Å². The van der Waals surface area contributed by atoms with Crippen molar-refractivity contribution in [2.75, 3.05) is 0 Å². The van der Waals surface area contributed by atoms with Gasteiger partial charge in [0.25, 0.3) is 0 Å². The van der Waals surface area contributed by atoms with Crippen molar-refractivity contribution >= 4 is 6.79 Å². The van der Waals surface area contributed by atoms with Gasteiger partial charge in [-0.05, 0) is 12.1 Å². The van der Waals surface area contributed by atoms with Gasteiger partial charge in [0.2, 0.25) is 0 Å². The zero-order valence-electron chi connectivity index (χ0n) is 9.07. The van der Waals surface area contributed by atoms with Crippen molar-refractivity contribution in [1.29, 1.82) is 0 Å². The summed E-state index contributed by atoms with van der Waals surface area (Å²) in [6.07, 6.45) is 4.08. The third kappa shape index (κ3) is 13.3. The molecule has 2 nitrogen and oxygen atoms in total. The molecule has 14 heavy (non-hydrogen) atoms. The molecule has 0 aliphatic heterocycles. The van der Waals surface area contributed by atoms with Gasteiger partial charge in [0.05, 0.1) is 0 Å². The summed E-state index contributed by atoms with van der Waals surface area (Å²) in [4.78, 5) is 8.00. The molecule has 0 bridgehead atoms. The molecule has 1 aromatic rings. The maximum absolute atomic E-state index is 8.63. The summed E-state index contributed by atoms with van der Waals surface area (Å²) in [5.74, 6) is 0.322. The van der Waals surface area contributed by atoms with Crippen molar-refractivity contribution in [2.45, 2.75) is 33.1 Å². The largest absolute Gasteiger partial charge is 0.508 e. The third-order valence-corrected chi connectivity index (χ3v) is 1.46. The second-order valence-electron chi connectivity index (χ2n) is 2.69. The smallest absolute Gasteiger partial charge is 0.115 e. The van der Waals surface area contributed by atoms with E-state index in [0.717, 1.165) is 0 Å². The lowest BCUT2D eigenvalue weighted by Gasteiger charge is -1.82. The lowest BCUT2D eigenvalue weighted by atomic mass is 10.3. The van der Waals surface area contributed by atoms with Gasteiger partial charge in [0.15, 0.2) is 0 Å². The monoisotopic (exact) mass is 196 g/mol. The van der Waals surface area contributed by atoms with E-state index in [1.807, 2.05) is 12.9 Å². The molecule has 1 rings (SSSR count). The SMILES string of the molecule is C=O.CCCCC.Oc1ccccc1. The normalized spacial score (nSPS) is 7.57. The number of rotatable bonds is 2. The zero-order valence-corrected chi connectivity index (χ0v) is 9.07. The lowest BCUT2D eigenvalue weighted by molar-refractivity contribution is -0.0979. The maximum atomic E-state index is 8.63. The Morgan fingerprint density at radius 3 is 1.64 bits per heavy atom. The quantitative estimate of drug-likeness (QED) is 0.787. The van der Waals surface area contributed by atoms with Crippen LogP contribution in [0, 0.1) is 0 Å². The summed E-state index contributed by atoms with van der Waals surface area (Å²) in [5.41, 5.74) is 0. The number of benzene rings is 1. The Hall–Kier alpha value is -1.31. The fourth-order valence-corrected chi connectivity index (χ4v) is 0.782. The highest BCUT2D eigenvalue weighted by Crippen LogP contribution is 2.02. The van der Waals surface area contributed by atoms with Gasteiger partial charge in [0.1, 0.15) is 12.5 Å². The molecule has 1 N–H and O–H groups in total. The van der Waals surface area contributed by atoms with Gasteiger partial charge in [-0.2, -0.15) is 0 Å². The van der Waals surface area contributed by atoms with Crippen molar-refractivity contribution in [3.05, 3.63) is 30.3 Å². The Balaban J connectivity index is 0. The summed E-state index contributed by atoms with van der Waals surface area (Å²) in [6.45, 7) is 6.42. The Morgan fingerprint density at radius 2 is 1.50 bits per heavy atom. The Labute approximate surface area is 86.6 Å². The first-order valence-corrected chi connectivity index (χ1v) is 4.84. The topological polar surface area (TPSA) is 37.3 Å². The van der Waals surface area contributed by atoms with E-state index in [-0.39, 0.29) is 0 Å². The molecule has 2 heteroatoms. The Bertz CT molecular complexity index is 183. The molecule has 0 aromatic heterocycles. The van der Waals surface area contributed by atoms with Crippen molar-refractivity contribution in [3.63, 3.8) is 0 Å². The van der Waals surface area contributed by atoms with E-state index < -0.39 is 0 Å². The maximum Gasteiger partial charge on any atom is 0.115 e. The third-order valence-electron chi connectivity index (χ3n) is 1.46. The first-order valence-electron chi connectivity index (χ1n) is 4.84. The molecule has 0 heterocycles. The molecule has 0 saturated heterocycles. The van der Waals surface area contributed by atoms with Crippen LogP contribution in [0.15, 0.2) is 30.3 Å². The van der Waals surface area contributed by atoms with Gasteiger partial charge in [-0.25, -0.2) is 0 Å². The van der Waals surface area contributed by atoms with Crippen LogP contribution in [-0.4, -0.2) is 11.9 Å². The van der Waals surface area contributed by atoms with E-state index in [0.29, 0.717) is 5.75 Å². The predicted molar refractivity (Wildman–Crippen MR) is 60.4 cm³/mol. The number of carbonyl (C=O) groups is 1. The van der Waals surface area contributed by atoms with Gasteiger partial charge >= 0.3 is 0 Å². The molecule has 1 aromatic carbocycles. The van der Waals surface area contributed by atoms with E-state index in [4.69, 9.17) is 9.90 Å². The number of unbranched alkanes of at least 4 members (excludes halogenated alkanes) is 2. The number of carbonyl (C=O) groups excluding carboxylic acids is 1. The fraction of sp³-hybridized carbons (Fsp3) is 0.417. The van der Waals surface area contributed by atoms with Gasteiger partial charge in [-0.15, -0.1) is 0 Å². The van der Waals surface area contributed by atoms with Crippen molar-refractivity contribution < 1.29 is 9.90 Å². The summed E-state index contributed by atoms with van der Waals surface area (Å²) in [7, 11) is 0. The van der Waals surface area contributed by atoms with Gasteiger partial charge in [0, 0.05) is 0 Å². The molecule has 0 amide bonds. The van der Waals surface area contributed by atoms with Crippen LogP contribution in [0.25, 0.3) is 0 Å². The first kappa shape index (κ1) is 15.2. The second kappa shape index (κ2) is 14.2. The molecule has 0 aliphatic carbocycles. The molecular weight excluding hydrogens is 176 g/mol. The molecule has 0 fully saturated rings. The molecule has 0 radical (unpaired) electrons. The number of aromatic hydroxyl groups is 1. The Morgan fingerprint density at radius 1 is 1.07 bits per heavy atom. The molecule has 0 spiro atoms. The average Bonchev–Trinajstić information content (AvgIpc) is 2.24. The second-order valence-corrected chi connectivity index (χ2v) is 2.69. The minimum atomic E-state index is 0.322. The Kier molecular flexibility index (Phi) is 15.4. The van der Waals surface area contributed by atoms with E-state index in [1.165, 1.54) is 19.3 Å². The van der Waals surface area contributed by atoms with Crippen LogP contribution in [0.3, 0.4) is 0 Å². The molecule has 0 atom stereocenters. The minimum Gasteiger partial charge on any atom is -0.508 e.